The van der Waals surface area contributed by atoms with E-state index in [1.165, 1.54) is 0 Å². The molecule has 0 saturated heterocycles. The Hall–Kier alpha value is -1.72. The van der Waals surface area contributed by atoms with Crippen LogP contribution in [-0.4, -0.2) is 58.1 Å². The molecule has 5 N–H and O–H groups in total. The van der Waals surface area contributed by atoms with Crippen molar-refractivity contribution in [2.45, 2.75) is 12.3 Å². The molecule has 0 heterocycles. The molecular weight excluding hydrogens is 274 g/mol. The maximum absolute atomic E-state index is 10.8. The maximum atomic E-state index is 10.8. The van der Waals surface area contributed by atoms with Crippen LogP contribution in [0, 0.1) is 5.41 Å². The molecule has 0 aromatic heterocycles. The van der Waals surface area contributed by atoms with Gasteiger partial charge in [-0.3, -0.25) is 24.3 Å². The van der Waals surface area contributed by atoms with E-state index in [2.05, 4.69) is 0 Å². The average Bonchev–Trinajstić information content (AvgIpc) is 2.14. The number of nitrogens with one attached hydrogen (secondary N) is 1. The standard InChI is InChI=1S/C7H11NO9S/c1-3(18(15,16)17)8-2-7(4(9)10,5(11)12)6(13)14/h3,8H,2H2,1H3,(H,9,10)(H,11,12)(H,13,14)(H,15,16,17). The van der Waals surface area contributed by atoms with Gasteiger partial charge in [0.05, 0.1) is 0 Å². The van der Waals surface area contributed by atoms with Crippen LogP contribution in [0.1, 0.15) is 6.92 Å². The summed E-state index contributed by atoms with van der Waals surface area (Å²) in [5.41, 5.74) is -3.24. The predicted molar refractivity (Wildman–Crippen MR) is 54.4 cm³/mol. The van der Waals surface area contributed by atoms with E-state index in [1.807, 2.05) is 5.32 Å². The number of rotatable bonds is 7. The predicted octanol–water partition coefficient (Wildman–Crippen LogP) is -1.95. The first-order valence-corrected chi connectivity index (χ1v) is 5.86. The van der Waals surface area contributed by atoms with Crippen LogP contribution in [0.5, 0.6) is 0 Å². The zero-order valence-electron chi connectivity index (χ0n) is 9.02. The number of carboxylic acid groups (broad SMARTS) is 3. The van der Waals surface area contributed by atoms with Crippen LogP contribution in [0.25, 0.3) is 0 Å². The van der Waals surface area contributed by atoms with Gasteiger partial charge >= 0.3 is 17.9 Å². The van der Waals surface area contributed by atoms with Gasteiger partial charge in [0.2, 0.25) is 0 Å². The second-order valence-corrected chi connectivity index (χ2v) is 5.10. The molecule has 0 fully saturated rings. The van der Waals surface area contributed by atoms with E-state index in [0.717, 1.165) is 6.92 Å². The fourth-order valence-electron chi connectivity index (χ4n) is 0.903. The van der Waals surface area contributed by atoms with E-state index in [9.17, 15) is 22.8 Å². The average molecular weight is 285 g/mol. The number of aliphatic carboxylic acids is 3. The minimum absolute atomic E-state index is 0.894. The molecule has 0 aliphatic rings. The van der Waals surface area contributed by atoms with Crippen LogP contribution in [0.3, 0.4) is 0 Å². The Morgan fingerprint density at radius 1 is 1.11 bits per heavy atom. The van der Waals surface area contributed by atoms with Crippen molar-refractivity contribution in [1.29, 1.82) is 0 Å². The molecule has 0 spiro atoms. The summed E-state index contributed by atoms with van der Waals surface area (Å²) in [5, 5.41) is 26.1. The maximum Gasteiger partial charge on any atom is 0.334 e. The summed E-state index contributed by atoms with van der Waals surface area (Å²) in [4.78, 5) is 32.3. The SMILES string of the molecule is CC(NCC(C(=O)O)(C(=O)O)C(=O)O)S(=O)(=O)O. The summed E-state index contributed by atoms with van der Waals surface area (Å²) in [7, 11) is -4.59. The first-order valence-electron chi connectivity index (χ1n) is 4.36. The number of carbonyl (C=O) groups is 3. The third-order valence-corrected chi connectivity index (χ3v) is 3.26. The summed E-state index contributed by atoms with van der Waals surface area (Å²) in [6.45, 7) is -0.320. The van der Waals surface area contributed by atoms with Crippen molar-refractivity contribution in [3.05, 3.63) is 0 Å². The summed E-state index contributed by atoms with van der Waals surface area (Å²) < 4.78 is 29.8. The first kappa shape index (κ1) is 16.3. The lowest BCUT2D eigenvalue weighted by molar-refractivity contribution is -0.175. The van der Waals surface area contributed by atoms with Crippen molar-refractivity contribution in [1.82, 2.24) is 5.32 Å². The molecule has 0 bridgehead atoms. The highest BCUT2D eigenvalue weighted by Gasteiger charge is 2.54. The van der Waals surface area contributed by atoms with Gasteiger partial charge in [0, 0.05) is 6.54 Å². The van der Waals surface area contributed by atoms with Gasteiger partial charge in [0.1, 0.15) is 5.37 Å². The molecule has 0 aromatic rings. The normalized spacial score (nSPS) is 13.9. The number of hydrogen-bond donors (Lipinski definition) is 5. The van der Waals surface area contributed by atoms with Gasteiger partial charge in [0.25, 0.3) is 15.5 Å². The molecule has 104 valence electrons. The highest BCUT2D eigenvalue weighted by Crippen LogP contribution is 2.18. The van der Waals surface area contributed by atoms with Crippen LogP contribution in [0.15, 0.2) is 0 Å². The van der Waals surface area contributed by atoms with E-state index in [1.54, 1.807) is 0 Å². The lowest BCUT2D eigenvalue weighted by atomic mass is 9.88. The second-order valence-electron chi connectivity index (χ2n) is 3.36. The van der Waals surface area contributed by atoms with Crippen LogP contribution < -0.4 is 5.32 Å². The minimum Gasteiger partial charge on any atom is -0.480 e. The quantitative estimate of drug-likeness (QED) is 0.260. The van der Waals surface area contributed by atoms with Crippen molar-refractivity contribution >= 4 is 28.0 Å². The Morgan fingerprint density at radius 3 is 1.67 bits per heavy atom. The van der Waals surface area contributed by atoms with Crippen molar-refractivity contribution in [2.75, 3.05) is 6.54 Å². The summed E-state index contributed by atoms with van der Waals surface area (Å²) in [5.74, 6) is -6.51. The zero-order valence-corrected chi connectivity index (χ0v) is 9.84. The van der Waals surface area contributed by atoms with Gasteiger partial charge in [-0.15, -0.1) is 0 Å². The Labute approximate surface area is 101 Å². The Balaban J connectivity index is 5.23. The summed E-state index contributed by atoms with van der Waals surface area (Å²) in [6.07, 6.45) is 0. The fraction of sp³-hybridized carbons (Fsp3) is 0.571. The van der Waals surface area contributed by atoms with Gasteiger partial charge < -0.3 is 15.3 Å². The topological polar surface area (TPSA) is 178 Å². The molecule has 10 nitrogen and oxygen atoms in total. The van der Waals surface area contributed by atoms with Crippen molar-refractivity contribution in [2.24, 2.45) is 5.41 Å². The van der Waals surface area contributed by atoms with Gasteiger partial charge in [-0.05, 0) is 6.92 Å². The highest BCUT2D eigenvalue weighted by molar-refractivity contribution is 7.86. The molecular formula is C7H11NO9S. The summed E-state index contributed by atoms with van der Waals surface area (Å²) >= 11 is 0. The third-order valence-electron chi connectivity index (χ3n) is 2.20. The van der Waals surface area contributed by atoms with Crippen LogP contribution in [0.4, 0.5) is 0 Å². The molecule has 1 unspecified atom stereocenters. The fourth-order valence-corrected chi connectivity index (χ4v) is 1.20. The lowest BCUT2D eigenvalue weighted by Gasteiger charge is -2.22. The lowest BCUT2D eigenvalue weighted by Crippen LogP contribution is -2.55. The van der Waals surface area contributed by atoms with Gasteiger partial charge in [0.15, 0.2) is 0 Å². The van der Waals surface area contributed by atoms with Gasteiger partial charge in [-0.1, -0.05) is 0 Å². The molecule has 0 aliphatic carbocycles. The van der Waals surface area contributed by atoms with Crippen LogP contribution in [0.2, 0.25) is 0 Å². The van der Waals surface area contributed by atoms with Gasteiger partial charge in [-0.2, -0.15) is 8.42 Å². The Morgan fingerprint density at radius 2 is 1.44 bits per heavy atom. The first-order chi connectivity index (χ1) is 7.96. The van der Waals surface area contributed by atoms with E-state index < -0.39 is 45.4 Å². The molecule has 0 rings (SSSR count). The third kappa shape index (κ3) is 3.15. The highest BCUT2D eigenvalue weighted by atomic mass is 32.2. The molecule has 1 atom stereocenters. The molecule has 18 heavy (non-hydrogen) atoms. The molecule has 0 aliphatic heterocycles. The zero-order chi connectivity index (χ0) is 14.7. The molecule has 0 saturated carbocycles. The van der Waals surface area contributed by atoms with E-state index in [4.69, 9.17) is 19.9 Å². The monoisotopic (exact) mass is 285 g/mol. The smallest absolute Gasteiger partial charge is 0.334 e. The van der Waals surface area contributed by atoms with E-state index in [-0.39, 0.29) is 0 Å². The van der Waals surface area contributed by atoms with Crippen molar-refractivity contribution in [3.63, 3.8) is 0 Å². The molecule has 0 radical (unpaired) electrons. The molecule has 0 amide bonds. The van der Waals surface area contributed by atoms with Crippen molar-refractivity contribution < 1.29 is 42.7 Å². The van der Waals surface area contributed by atoms with E-state index in [0.29, 0.717) is 0 Å². The van der Waals surface area contributed by atoms with Crippen LogP contribution >= 0.6 is 0 Å². The van der Waals surface area contributed by atoms with Gasteiger partial charge in [-0.25, -0.2) is 0 Å². The van der Waals surface area contributed by atoms with E-state index >= 15 is 0 Å². The number of carboxylic acids is 3. The second kappa shape index (κ2) is 5.29. The summed E-state index contributed by atoms with van der Waals surface area (Å²) in [6, 6.07) is 0. The number of hydrogen-bond acceptors (Lipinski definition) is 6. The molecule has 11 heteroatoms. The van der Waals surface area contributed by atoms with Crippen LogP contribution in [-0.2, 0) is 24.5 Å². The van der Waals surface area contributed by atoms with Crippen molar-refractivity contribution in [3.8, 4) is 0 Å². The largest absolute Gasteiger partial charge is 0.480 e. The Kier molecular flexibility index (Phi) is 4.78. The molecule has 0 aromatic carbocycles. The minimum atomic E-state index is -4.59. The Bertz CT molecular complexity index is 431.